The first-order valence-corrected chi connectivity index (χ1v) is 9.04. The van der Waals surface area contributed by atoms with Gasteiger partial charge >= 0.3 is 0 Å². The molecule has 3 rings (SSSR count). The summed E-state index contributed by atoms with van der Waals surface area (Å²) in [4.78, 5) is 12.5. The lowest BCUT2D eigenvalue weighted by molar-refractivity contribution is -0.742. The SMILES string of the molecule is Clc1ccc(OCC(Cn2ccnc2)c2ccc(Br)cc2)cc1.O=[N+]([O-])O. The number of aromatic nitrogens is 2. The summed E-state index contributed by atoms with van der Waals surface area (Å²) in [5.74, 6) is 1.05. The number of ether oxygens (including phenoxy) is 1. The van der Waals surface area contributed by atoms with Gasteiger partial charge in [-0.15, -0.1) is 10.1 Å². The number of hydrogen-bond donors (Lipinski definition) is 1. The van der Waals surface area contributed by atoms with Gasteiger partial charge in [-0.2, -0.15) is 0 Å². The Bertz CT molecular complexity index is 823. The monoisotopic (exact) mass is 453 g/mol. The van der Waals surface area contributed by atoms with E-state index in [1.807, 2.05) is 36.8 Å². The Kier molecular flexibility index (Phi) is 8.09. The molecule has 1 unspecified atom stereocenters. The van der Waals surface area contributed by atoms with E-state index in [0.717, 1.165) is 16.8 Å². The lowest BCUT2D eigenvalue weighted by Crippen LogP contribution is -2.16. The first-order valence-electron chi connectivity index (χ1n) is 7.87. The molecule has 0 radical (unpaired) electrons. The molecule has 1 N–H and O–H groups in total. The second-order valence-corrected chi connectivity index (χ2v) is 6.86. The predicted octanol–water partition coefficient (Wildman–Crippen LogP) is 4.81. The van der Waals surface area contributed by atoms with E-state index in [4.69, 9.17) is 31.7 Å². The minimum Gasteiger partial charge on any atom is -0.493 e. The largest absolute Gasteiger partial charge is 0.493 e. The van der Waals surface area contributed by atoms with E-state index in [-0.39, 0.29) is 5.92 Å². The number of hydrogen-bond acceptors (Lipinski definition) is 4. The molecule has 0 aliphatic heterocycles. The lowest BCUT2D eigenvalue weighted by Gasteiger charge is -2.19. The summed E-state index contributed by atoms with van der Waals surface area (Å²) < 4.78 is 9.09. The topological polar surface area (TPSA) is 90.4 Å². The first-order chi connectivity index (χ1) is 12.9. The minimum atomic E-state index is -1.50. The zero-order valence-corrected chi connectivity index (χ0v) is 16.5. The molecule has 0 saturated heterocycles. The Hall–Kier alpha value is -2.58. The fourth-order valence-electron chi connectivity index (χ4n) is 2.37. The molecule has 9 heteroatoms. The van der Waals surface area contributed by atoms with Crippen molar-refractivity contribution in [3.8, 4) is 5.75 Å². The Morgan fingerprint density at radius 2 is 1.85 bits per heavy atom. The van der Waals surface area contributed by atoms with Crippen LogP contribution in [-0.2, 0) is 6.54 Å². The maximum Gasteiger partial charge on any atom is 0.291 e. The second-order valence-electron chi connectivity index (χ2n) is 5.51. The molecule has 27 heavy (non-hydrogen) atoms. The average Bonchev–Trinajstić information content (AvgIpc) is 3.13. The van der Waals surface area contributed by atoms with E-state index in [1.165, 1.54) is 5.56 Å². The van der Waals surface area contributed by atoms with Gasteiger partial charge in [-0.05, 0) is 42.0 Å². The maximum atomic E-state index is 8.36. The van der Waals surface area contributed by atoms with Gasteiger partial charge < -0.3 is 14.5 Å². The Morgan fingerprint density at radius 1 is 1.22 bits per heavy atom. The van der Waals surface area contributed by atoms with Crippen LogP contribution in [0, 0.1) is 10.1 Å². The molecule has 0 saturated carbocycles. The van der Waals surface area contributed by atoms with Gasteiger partial charge in [0.05, 0.1) is 12.9 Å². The Morgan fingerprint density at radius 3 is 2.41 bits per heavy atom. The zero-order chi connectivity index (χ0) is 19.6. The molecule has 142 valence electrons. The Labute approximate surface area is 169 Å². The van der Waals surface area contributed by atoms with E-state index >= 15 is 0 Å². The first kappa shape index (κ1) is 20.7. The number of imidazole rings is 1. The highest BCUT2D eigenvalue weighted by atomic mass is 79.9. The zero-order valence-electron chi connectivity index (χ0n) is 14.1. The third kappa shape index (κ3) is 7.67. The second kappa shape index (κ2) is 10.5. The molecule has 3 aromatic rings. The smallest absolute Gasteiger partial charge is 0.291 e. The van der Waals surface area contributed by atoms with E-state index in [2.05, 4.69) is 49.7 Å². The van der Waals surface area contributed by atoms with Crippen LogP contribution in [0.1, 0.15) is 11.5 Å². The van der Waals surface area contributed by atoms with Gasteiger partial charge in [0.25, 0.3) is 5.09 Å². The van der Waals surface area contributed by atoms with Crippen molar-refractivity contribution in [3.63, 3.8) is 0 Å². The molecular weight excluding hydrogens is 438 g/mol. The molecule has 0 aliphatic carbocycles. The minimum absolute atomic E-state index is 0.230. The van der Waals surface area contributed by atoms with Crippen LogP contribution in [0.4, 0.5) is 0 Å². The van der Waals surface area contributed by atoms with Crippen molar-refractivity contribution >= 4 is 27.5 Å². The van der Waals surface area contributed by atoms with Gasteiger partial charge in [-0.3, -0.25) is 0 Å². The van der Waals surface area contributed by atoms with Crippen LogP contribution < -0.4 is 4.74 Å². The average molecular weight is 455 g/mol. The highest BCUT2D eigenvalue weighted by Gasteiger charge is 2.14. The molecule has 1 atom stereocenters. The van der Waals surface area contributed by atoms with Crippen LogP contribution in [0.5, 0.6) is 5.75 Å². The van der Waals surface area contributed by atoms with Crippen molar-refractivity contribution in [2.75, 3.05) is 6.61 Å². The van der Waals surface area contributed by atoms with E-state index < -0.39 is 5.09 Å². The Balaban J connectivity index is 0.000000596. The summed E-state index contributed by atoms with van der Waals surface area (Å²) >= 11 is 9.39. The van der Waals surface area contributed by atoms with Gasteiger partial charge in [0.1, 0.15) is 5.75 Å². The summed E-state index contributed by atoms with van der Waals surface area (Å²) in [6.07, 6.45) is 5.58. The predicted molar refractivity (Wildman–Crippen MR) is 105 cm³/mol. The lowest BCUT2D eigenvalue weighted by atomic mass is 10.00. The summed E-state index contributed by atoms with van der Waals surface area (Å²) in [5.41, 5.74) is 1.23. The molecular formula is C18H17BrClN3O4. The summed E-state index contributed by atoms with van der Waals surface area (Å²) in [5, 5.41) is 14.3. The van der Waals surface area contributed by atoms with Crippen molar-refractivity contribution in [1.82, 2.24) is 9.55 Å². The van der Waals surface area contributed by atoms with Gasteiger partial charge in [-0.1, -0.05) is 39.7 Å². The number of benzene rings is 2. The molecule has 0 fully saturated rings. The van der Waals surface area contributed by atoms with E-state index in [9.17, 15) is 0 Å². The highest BCUT2D eigenvalue weighted by molar-refractivity contribution is 9.10. The molecule has 0 amide bonds. The molecule has 1 aromatic heterocycles. The van der Waals surface area contributed by atoms with Crippen molar-refractivity contribution in [2.24, 2.45) is 0 Å². The third-order valence-electron chi connectivity index (χ3n) is 3.60. The van der Waals surface area contributed by atoms with Crippen molar-refractivity contribution < 1.29 is 15.0 Å². The number of rotatable bonds is 6. The normalized spacial score (nSPS) is 11.2. The van der Waals surface area contributed by atoms with Gasteiger partial charge in [0, 0.05) is 34.4 Å². The number of nitrogens with zero attached hydrogens (tertiary/aromatic N) is 3. The van der Waals surface area contributed by atoms with E-state index in [0.29, 0.717) is 11.6 Å². The fraction of sp³-hybridized carbons (Fsp3) is 0.167. The van der Waals surface area contributed by atoms with Crippen LogP contribution in [0.15, 0.2) is 71.7 Å². The standard InChI is InChI=1S/C18H16BrClN2O.HNO3/c19-16-3-1-14(2-4-16)15(11-22-10-9-21-13-22)12-23-18-7-5-17(20)6-8-18;2-1(3)4/h1-10,13,15H,11-12H2;(H,2,3,4). The summed E-state index contributed by atoms with van der Waals surface area (Å²) in [6.45, 7) is 1.40. The van der Waals surface area contributed by atoms with Crippen LogP contribution in [0.25, 0.3) is 0 Å². The van der Waals surface area contributed by atoms with Crippen LogP contribution in [-0.4, -0.2) is 26.5 Å². The molecule has 7 nitrogen and oxygen atoms in total. The van der Waals surface area contributed by atoms with Crippen molar-refractivity contribution in [3.05, 3.63) is 92.4 Å². The van der Waals surface area contributed by atoms with Crippen molar-refractivity contribution in [1.29, 1.82) is 0 Å². The van der Waals surface area contributed by atoms with Crippen molar-refractivity contribution in [2.45, 2.75) is 12.5 Å². The third-order valence-corrected chi connectivity index (χ3v) is 4.38. The molecule has 0 spiro atoms. The quantitative estimate of drug-likeness (QED) is 0.426. The van der Waals surface area contributed by atoms with Gasteiger partial charge in [0.2, 0.25) is 0 Å². The summed E-state index contributed by atoms with van der Waals surface area (Å²) in [6, 6.07) is 15.8. The van der Waals surface area contributed by atoms with Crippen LogP contribution in [0.2, 0.25) is 5.02 Å². The molecule has 1 heterocycles. The van der Waals surface area contributed by atoms with Crippen LogP contribution >= 0.6 is 27.5 Å². The van der Waals surface area contributed by atoms with Crippen LogP contribution in [0.3, 0.4) is 0 Å². The molecule has 0 aliphatic rings. The molecule has 2 aromatic carbocycles. The summed E-state index contributed by atoms with van der Waals surface area (Å²) in [7, 11) is 0. The van der Waals surface area contributed by atoms with E-state index in [1.54, 1.807) is 6.20 Å². The van der Waals surface area contributed by atoms with Gasteiger partial charge in [0.15, 0.2) is 0 Å². The molecule has 0 bridgehead atoms. The highest BCUT2D eigenvalue weighted by Crippen LogP contribution is 2.23. The maximum absolute atomic E-state index is 8.36. The fourth-order valence-corrected chi connectivity index (χ4v) is 2.76. The van der Waals surface area contributed by atoms with Gasteiger partial charge in [-0.25, -0.2) is 4.98 Å². The number of halogens is 2.